The van der Waals surface area contributed by atoms with E-state index in [1.807, 2.05) is 0 Å². The summed E-state index contributed by atoms with van der Waals surface area (Å²) in [7, 11) is -31.8. The topological polar surface area (TPSA) is 217 Å². The summed E-state index contributed by atoms with van der Waals surface area (Å²) in [6.07, 6.45) is 0. The summed E-state index contributed by atoms with van der Waals surface area (Å²) >= 11 is 0. The van der Waals surface area contributed by atoms with E-state index in [0.717, 1.165) is 0 Å². The lowest BCUT2D eigenvalue weighted by Crippen LogP contribution is -2.76. The molecule has 0 bridgehead atoms. The van der Waals surface area contributed by atoms with Crippen molar-refractivity contribution in [1.82, 2.24) is 0 Å². The highest BCUT2D eigenvalue weighted by Gasteiger charge is 2.95. The lowest BCUT2D eigenvalue weighted by Gasteiger charge is -2.39. The van der Waals surface area contributed by atoms with Crippen LogP contribution in [0.15, 0.2) is 0 Å². The van der Waals surface area contributed by atoms with Crippen molar-refractivity contribution in [2.45, 2.75) is 20.5 Å². The monoisotopic (exact) mass is 486 g/mol. The first kappa shape index (κ1) is 25.2. The molecule has 158 valence electrons. The molecule has 0 aliphatic carbocycles. The van der Waals surface area contributed by atoms with Crippen LogP contribution < -0.4 is 0 Å². The van der Waals surface area contributed by atoms with Crippen LogP contribution in [0.25, 0.3) is 0 Å². The minimum Gasteiger partial charge on any atom is -0.284 e. The van der Waals surface area contributed by atoms with Crippen LogP contribution in [0.5, 0.6) is 0 Å². The predicted octanol–water partition coefficient (Wildman–Crippen LogP) is -0.945. The molecule has 0 saturated carbocycles. The van der Waals surface area contributed by atoms with Gasteiger partial charge in [0, 0.05) is 0 Å². The minimum absolute atomic E-state index is 7.58. The van der Waals surface area contributed by atoms with Gasteiger partial charge in [0.2, 0.25) is 0 Å². The first-order valence-electron chi connectivity index (χ1n) is 4.76. The van der Waals surface area contributed by atoms with Crippen molar-refractivity contribution in [3.63, 3.8) is 0 Å². The lowest BCUT2D eigenvalue weighted by molar-refractivity contribution is -0.196. The molecule has 0 fully saturated rings. The quantitative estimate of drug-likeness (QED) is 0.253. The maximum atomic E-state index is 13.8. The summed E-state index contributed by atoms with van der Waals surface area (Å²) in [5, 5.41) is -15.2. The van der Waals surface area contributed by atoms with Crippen LogP contribution in [0.2, 0.25) is 0 Å². The fraction of sp³-hybridized carbons (Fsp3) is 1.00. The molecule has 0 aliphatic rings. The summed E-state index contributed by atoms with van der Waals surface area (Å²) < 4.78 is 192. The molecule has 26 heavy (non-hydrogen) atoms. The normalized spacial score (nSPS) is 16.5. The second-order valence-electron chi connectivity index (χ2n) is 4.12. The van der Waals surface area contributed by atoms with Gasteiger partial charge in [0.05, 0.1) is 0 Å². The summed E-state index contributed by atoms with van der Waals surface area (Å²) in [6, 6.07) is 0. The fourth-order valence-corrected chi connectivity index (χ4v) is 6.37. The van der Waals surface area contributed by atoms with Crippen molar-refractivity contribution < 1.29 is 78.2 Å². The molecule has 0 atom stereocenters. The first-order chi connectivity index (χ1) is 10.8. The number of alkyl halides is 6. The van der Waals surface area contributed by atoms with E-state index in [1.54, 1.807) is 0 Å². The van der Waals surface area contributed by atoms with Gasteiger partial charge in [-0.25, -0.2) is 0 Å². The summed E-state index contributed by atoms with van der Waals surface area (Å²) in [5.41, 5.74) is 0. The minimum atomic E-state index is -8.16. The van der Waals surface area contributed by atoms with Crippen LogP contribution >= 0.6 is 0 Å². The zero-order valence-corrected chi connectivity index (χ0v) is 14.2. The average Bonchev–Trinajstić information content (AvgIpc) is 2.19. The number of halogens is 6. The van der Waals surface area contributed by atoms with Crippen LogP contribution in [0.4, 0.5) is 26.3 Å². The highest BCUT2D eigenvalue weighted by atomic mass is 32.3. The fourth-order valence-electron chi connectivity index (χ4n) is 1.46. The number of hydrogen-bond acceptors (Lipinski definition) is 8. The molecule has 4 N–H and O–H groups in total. The van der Waals surface area contributed by atoms with Crippen molar-refractivity contribution in [1.29, 1.82) is 0 Å². The third kappa shape index (κ3) is 2.96. The zero-order valence-electron chi connectivity index (χ0n) is 11.0. The molecule has 0 spiro atoms. The van der Waals surface area contributed by atoms with E-state index in [1.165, 1.54) is 0 Å². The molecular weight excluding hydrogens is 482 g/mol. The molecule has 0 heterocycles. The van der Waals surface area contributed by atoms with Crippen LogP contribution in [0.3, 0.4) is 0 Å². The van der Waals surface area contributed by atoms with Gasteiger partial charge in [-0.1, -0.05) is 0 Å². The molecule has 0 aliphatic heterocycles. The van der Waals surface area contributed by atoms with Gasteiger partial charge >= 0.3 is 61.0 Å². The van der Waals surface area contributed by atoms with Gasteiger partial charge in [-0.3, -0.25) is 18.2 Å². The van der Waals surface area contributed by atoms with E-state index in [4.69, 9.17) is 18.2 Å². The predicted molar refractivity (Wildman–Crippen MR) is 63.8 cm³/mol. The molecular formula is C4H4F6O12S4. The Morgan fingerprint density at radius 1 is 0.462 bits per heavy atom. The van der Waals surface area contributed by atoms with Gasteiger partial charge in [0.25, 0.3) is 0 Å². The van der Waals surface area contributed by atoms with Crippen molar-refractivity contribution in [2.75, 3.05) is 0 Å². The highest BCUT2D eigenvalue weighted by Crippen LogP contribution is 2.58. The maximum Gasteiger partial charge on any atom is 0.434 e. The second-order valence-corrected chi connectivity index (χ2v) is 10.4. The lowest BCUT2D eigenvalue weighted by atomic mass is 10.2. The molecule has 0 radical (unpaired) electrons. The Hall–Kier alpha value is -0.780. The third-order valence-electron chi connectivity index (χ3n) is 2.54. The molecule has 0 aromatic carbocycles. The smallest absolute Gasteiger partial charge is 0.284 e. The van der Waals surface area contributed by atoms with Gasteiger partial charge in [0.15, 0.2) is 0 Å². The SMILES string of the molecule is O=S(=O)(O)C(F)(F)C(F)(F)C(C(F)(F)S(=O)(=O)O)(S(=O)(=O)O)S(=O)(=O)O. The van der Waals surface area contributed by atoms with E-state index in [2.05, 4.69) is 0 Å². The van der Waals surface area contributed by atoms with Gasteiger partial charge in [-0.05, 0) is 0 Å². The average molecular weight is 486 g/mol. The Kier molecular flexibility index (Phi) is 5.68. The molecule has 0 aromatic heterocycles. The Balaban J connectivity index is 8.12. The molecule has 22 heteroatoms. The van der Waals surface area contributed by atoms with Gasteiger partial charge in [0.1, 0.15) is 0 Å². The van der Waals surface area contributed by atoms with Crippen molar-refractivity contribution >= 4 is 40.5 Å². The summed E-state index contributed by atoms with van der Waals surface area (Å²) in [6.45, 7) is 0. The van der Waals surface area contributed by atoms with Crippen LogP contribution in [0, 0.1) is 0 Å². The van der Waals surface area contributed by atoms with E-state index in [-0.39, 0.29) is 0 Å². The van der Waals surface area contributed by atoms with Gasteiger partial charge in [-0.2, -0.15) is 60.0 Å². The van der Waals surface area contributed by atoms with E-state index >= 15 is 0 Å². The number of hydrogen-bond donors (Lipinski definition) is 4. The molecule has 0 amide bonds. The number of rotatable bonds is 7. The van der Waals surface area contributed by atoms with Crippen molar-refractivity contribution in [2.24, 2.45) is 0 Å². The van der Waals surface area contributed by atoms with E-state index in [0.29, 0.717) is 0 Å². The Morgan fingerprint density at radius 3 is 0.846 bits per heavy atom. The zero-order chi connectivity index (χ0) is 22.0. The summed E-state index contributed by atoms with van der Waals surface area (Å²) in [4.78, 5) is 0. The second kappa shape index (κ2) is 5.86. The molecule has 0 aromatic rings. The van der Waals surface area contributed by atoms with E-state index < -0.39 is 61.0 Å². The van der Waals surface area contributed by atoms with Crippen molar-refractivity contribution in [3.8, 4) is 0 Å². The standard InChI is InChI=1S/C4H4F6O12S4/c5-1(6,3(7,8)25(17,18)19)2(23(11,12)13,24(14,15)16)4(9,10)26(20,21)22/h(H,11,12,13)(H,14,15,16)(H,17,18,19)(H,20,21,22). The Morgan fingerprint density at radius 2 is 0.692 bits per heavy atom. The third-order valence-corrected chi connectivity index (χ3v) is 8.40. The first-order valence-corrected chi connectivity index (χ1v) is 10.5. The van der Waals surface area contributed by atoms with Crippen LogP contribution in [-0.4, -0.2) is 72.4 Å². The van der Waals surface area contributed by atoms with E-state index in [9.17, 15) is 60.0 Å². The van der Waals surface area contributed by atoms with Crippen molar-refractivity contribution in [3.05, 3.63) is 0 Å². The largest absolute Gasteiger partial charge is 0.434 e. The maximum absolute atomic E-state index is 13.8. The van der Waals surface area contributed by atoms with Gasteiger partial charge < -0.3 is 0 Å². The summed E-state index contributed by atoms with van der Waals surface area (Å²) in [5.74, 6) is -8.03. The highest BCUT2D eigenvalue weighted by molar-refractivity contribution is 8.07. The van der Waals surface area contributed by atoms with Gasteiger partial charge in [-0.15, -0.1) is 0 Å². The molecule has 0 rings (SSSR count). The molecule has 12 nitrogen and oxygen atoms in total. The van der Waals surface area contributed by atoms with Crippen LogP contribution in [0.1, 0.15) is 0 Å². The van der Waals surface area contributed by atoms with Crippen LogP contribution in [-0.2, 0) is 40.5 Å². The Bertz CT molecular complexity index is 972. The Labute approximate surface area is 139 Å². The molecule has 0 saturated heterocycles. The molecule has 0 unspecified atom stereocenters.